The predicted octanol–water partition coefficient (Wildman–Crippen LogP) is 3.58. The number of nitrogens with zero attached hydrogens (tertiary/aromatic N) is 1. The van der Waals surface area contributed by atoms with Gasteiger partial charge in [0.25, 0.3) is 15.5 Å². The molecule has 1 aromatic rings. The zero-order valence-electron chi connectivity index (χ0n) is 9.09. The second-order valence-corrected chi connectivity index (χ2v) is 6.05. The van der Waals surface area contributed by atoms with Crippen LogP contribution in [-0.4, -0.2) is 19.8 Å². The molecule has 0 unspecified atom stereocenters. The summed E-state index contributed by atoms with van der Waals surface area (Å²) in [7, 11) is 0.463. The largest absolute Gasteiger partial charge is 0.574 e. The maximum absolute atomic E-state index is 12.6. The molecule has 1 rings (SSSR count). The Labute approximate surface area is 118 Å². The number of hydrogen-bond donors (Lipinski definition) is 0. The number of pyridine rings is 1. The van der Waals surface area contributed by atoms with Crippen molar-refractivity contribution in [3.05, 3.63) is 17.3 Å². The summed E-state index contributed by atoms with van der Waals surface area (Å²) < 4.78 is 87.1. The molecule has 0 bridgehead atoms. The lowest BCUT2D eigenvalue weighted by Gasteiger charge is -2.14. The van der Waals surface area contributed by atoms with Crippen molar-refractivity contribution in [3.8, 4) is 5.88 Å². The van der Waals surface area contributed by atoms with Gasteiger partial charge in [-0.15, -0.1) is 24.8 Å². The molecule has 4 nitrogen and oxygen atoms in total. The van der Waals surface area contributed by atoms with E-state index < -0.39 is 49.8 Å². The molecule has 0 saturated carbocycles. The van der Waals surface area contributed by atoms with Crippen LogP contribution in [0.5, 0.6) is 5.88 Å². The molecule has 0 aromatic carbocycles. The van der Waals surface area contributed by atoms with E-state index in [-0.39, 0.29) is 6.07 Å². The minimum atomic E-state index is -5.28. The van der Waals surface area contributed by atoms with Crippen LogP contribution in [-0.2, 0) is 14.9 Å². The van der Waals surface area contributed by atoms with Gasteiger partial charge in [-0.25, -0.2) is 22.2 Å². The summed E-state index contributed by atoms with van der Waals surface area (Å²) in [5.41, 5.74) is -2.00. The molecule has 0 amide bonds. The second kappa shape index (κ2) is 5.86. The molecule has 0 fully saturated rings. The SMILES string of the molecule is O=S(=O)(Cl)c1cc(C(F)F)c(OC(F)(F)F)nc1CCl. The van der Waals surface area contributed by atoms with Crippen LogP contribution in [0.1, 0.15) is 17.7 Å². The fourth-order valence-corrected chi connectivity index (χ4v) is 2.53. The summed E-state index contributed by atoms with van der Waals surface area (Å²) in [6.07, 6.45) is -8.73. The first-order chi connectivity index (χ1) is 8.95. The van der Waals surface area contributed by atoms with Crippen LogP contribution >= 0.6 is 22.3 Å². The number of ether oxygens (including phenoxy) is 1. The molecular formula is C8H4Cl2F5NO3S. The molecule has 1 aromatic heterocycles. The normalized spacial score (nSPS) is 12.8. The Balaban J connectivity index is 3.54. The van der Waals surface area contributed by atoms with Gasteiger partial charge in [-0.1, -0.05) is 0 Å². The highest BCUT2D eigenvalue weighted by Gasteiger charge is 2.35. The molecule has 0 N–H and O–H groups in total. The van der Waals surface area contributed by atoms with Crippen molar-refractivity contribution < 1.29 is 35.1 Å². The van der Waals surface area contributed by atoms with Gasteiger partial charge < -0.3 is 4.74 Å². The van der Waals surface area contributed by atoms with Crippen molar-refractivity contribution in [1.82, 2.24) is 4.98 Å². The van der Waals surface area contributed by atoms with E-state index in [2.05, 4.69) is 9.72 Å². The van der Waals surface area contributed by atoms with E-state index in [1.165, 1.54) is 0 Å². The summed E-state index contributed by atoms with van der Waals surface area (Å²) in [5, 5.41) is 0. The zero-order valence-corrected chi connectivity index (χ0v) is 11.4. The molecule has 0 aliphatic rings. The standard InChI is InChI=1S/C8H4Cl2F5NO3S/c9-2-4-5(20(10,17)18)1-3(6(11)12)7(16-4)19-8(13,14)15/h1,6H,2H2. The molecule has 12 heteroatoms. The van der Waals surface area contributed by atoms with Crippen molar-refractivity contribution in [1.29, 1.82) is 0 Å². The molecule has 0 spiro atoms. The third kappa shape index (κ3) is 4.32. The fraction of sp³-hybridized carbons (Fsp3) is 0.375. The van der Waals surface area contributed by atoms with Crippen molar-refractivity contribution in [3.63, 3.8) is 0 Å². The van der Waals surface area contributed by atoms with Crippen LogP contribution in [0.2, 0.25) is 0 Å². The number of aromatic nitrogens is 1. The van der Waals surface area contributed by atoms with E-state index in [0.29, 0.717) is 0 Å². The lowest BCUT2D eigenvalue weighted by Crippen LogP contribution is -2.20. The lowest BCUT2D eigenvalue weighted by atomic mass is 10.2. The van der Waals surface area contributed by atoms with Crippen LogP contribution in [0.15, 0.2) is 11.0 Å². The van der Waals surface area contributed by atoms with Gasteiger partial charge in [-0.05, 0) is 6.07 Å². The molecule has 114 valence electrons. The minimum Gasteiger partial charge on any atom is -0.387 e. The maximum atomic E-state index is 12.6. The third-order valence-corrected chi connectivity index (χ3v) is 3.52. The molecule has 0 radical (unpaired) electrons. The van der Waals surface area contributed by atoms with Crippen LogP contribution in [0.4, 0.5) is 22.0 Å². The van der Waals surface area contributed by atoms with E-state index in [1.807, 2.05) is 0 Å². The van der Waals surface area contributed by atoms with Crippen molar-refractivity contribution in [2.45, 2.75) is 23.6 Å². The Morgan fingerprint density at radius 2 is 1.90 bits per heavy atom. The van der Waals surface area contributed by atoms with Crippen LogP contribution in [0.25, 0.3) is 0 Å². The van der Waals surface area contributed by atoms with Gasteiger partial charge in [0, 0.05) is 10.7 Å². The summed E-state index contributed by atoms with van der Waals surface area (Å²) in [6, 6.07) is 0.249. The minimum absolute atomic E-state index is 0.249. The van der Waals surface area contributed by atoms with Gasteiger partial charge in [0.1, 0.15) is 4.90 Å². The van der Waals surface area contributed by atoms with Gasteiger partial charge in [0.15, 0.2) is 0 Å². The Morgan fingerprint density at radius 3 is 2.25 bits per heavy atom. The smallest absolute Gasteiger partial charge is 0.387 e. The highest BCUT2D eigenvalue weighted by atomic mass is 35.7. The molecular weight excluding hydrogens is 356 g/mol. The van der Waals surface area contributed by atoms with Crippen molar-refractivity contribution >= 4 is 31.3 Å². The van der Waals surface area contributed by atoms with Gasteiger partial charge in [0.2, 0.25) is 5.88 Å². The predicted molar refractivity (Wildman–Crippen MR) is 58.5 cm³/mol. The average Bonchev–Trinajstić information content (AvgIpc) is 2.24. The highest BCUT2D eigenvalue weighted by Crippen LogP contribution is 2.35. The molecule has 20 heavy (non-hydrogen) atoms. The number of hydrogen-bond acceptors (Lipinski definition) is 4. The highest BCUT2D eigenvalue weighted by molar-refractivity contribution is 8.13. The van der Waals surface area contributed by atoms with Gasteiger partial charge >= 0.3 is 6.36 Å². The lowest BCUT2D eigenvalue weighted by molar-refractivity contribution is -0.276. The molecule has 1 heterocycles. The first kappa shape index (κ1) is 17.2. The number of halogens is 7. The van der Waals surface area contributed by atoms with E-state index in [9.17, 15) is 30.4 Å². The van der Waals surface area contributed by atoms with Gasteiger partial charge in [0.05, 0.1) is 17.1 Å². The topological polar surface area (TPSA) is 56.3 Å². The Hall–Kier alpha value is -0.870. The fourth-order valence-electron chi connectivity index (χ4n) is 1.18. The van der Waals surface area contributed by atoms with E-state index >= 15 is 0 Å². The maximum Gasteiger partial charge on any atom is 0.574 e. The summed E-state index contributed by atoms with van der Waals surface area (Å²) >= 11 is 5.30. The van der Waals surface area contributed by atoms with Crippen LogP contribution < -0.4 is 4.74 Å². The van der Waals surface area contributed by atoms with Crippen molar-refractivity contribution in [2.24, 2.45) is 0 Å². The number of alkyl halides is 6. The van der Waals surface area contributed by atoms with E-state index in [4.69, 9.17) is 22.3 Å². The second-order valence-electron chi connectivity index (χ2n) is 3.25. The van der Waals surface area contributed by atoms with Crippen molar-refractivity contribution in [2.75, 3.05) is 0 Å². The Morgan fingerprint density at radius 1 is 1.35 bits per heavy atom. The Bertz CT molecular complexity index is 605. The third-order valence-electron chi connectivity index (χ3n) is 1.89. The monoisotopic (exact) mass is 359 g/mol. The number of rotatable bonds is 4. The first-order valence-electron chi connectivity index (χ1n) is 4.54. The molecule has 0 saturated heterocycles. The average molecular weight is 360 g/mol. The van der Waals surface area contributed by atoms with Gasteiger partial charge in [-0.2, -0.15) is 0 Å². The van der Waals surface area contributed by atoms with Crippen LogP contribution in [0.3, 0.4) is 0 Å². The first-order valence-corrected chi connectivity index (χ1v) is 7.38. The Kier molecular flexibility index (Phi) is 5.03. The quantitative estimate of drug-likeness (QED) is 0.468. The summed E-state index contributed by atoms with van der Waals surface area (Å²) in [5.74, 6) is -2.15. The summed E-state index contributed by atoms with van der Waals surface area (Å²) in [6.45, 7) is 0. The molecule has 0 aliphatic carbocycles. The summed E-state index contributed by atoms with van der Waals surface area (Å²) in [4.78, 5) is 2.14. The van der Waals surface area contributed by atoms with Crippen LogP contribution in [0, 0.1) is 0 Å². The zero-order chi connectivity index (χ0) is 15.7. The van der Waals surface area contributed by atoms with E-state index in [0.717, 1.165) is 0 Å². The van der Waals surface area contributed by atoms with E-state index in [1.54, 1.807) is 0 Å². The molecule has 0 atom stereocenters. The molecule has 0 aliphatic heterocycles. The van der Waals surface area contributed by atoms with Gasteiger partial charge in [-0.3, -0.25) is 0 Å².